The molecule has 0 saturated carbocycles. The van der Waals surface area contributed by atoms with Crippen molar-refractivity contribution in [2.24, 2.45) is 0 Å². The maximum Gasteiger partial charge on any atom is 0.267 e. The van der Waals surface area contributed by atoms with E-state index in [4.69, 9.17) is 9.47 Å². The maximum absolute atomic E-state index is 13.1. The van der Waals surface area contributed by atoms with E-state index < -0.39 is 6.04 Å². The number of amides is 1. The average Bonchev–Trinajstić information content (AvgIpc) is 2.77. The summed E-state index contributed by atoms with van der Waals surface area (Å²) in [6, 6.07) is 13.7. The zero-order chi connectivity index (χ0) is 22.0. The van der Waals surface area contributed by atoms with Crippen molar-refractivity contribution in [2.45, 2.75) is 33.2 Å². The van der Waals surface area contributed by atoms with Crippen molar-refractivity contribution >= 4 is 11.6 Å². The van der Waals surface area contributed by atoms with Crippen molar-refractivity contribution in [3.8, 4) is 22.8 Å². The van der Waals surface area contributed by atoms with Crippen LogP contribution in [0.15, 0.2) is 53.3 Å². The number of ether oxygens (including phenoxy) is 2. The first-order valence-corrected chi connectivity index (χ1v) is 10.3. The lowest BCUT2D eigenvalue weighted by Crippen LogP contribution is -2.34. The normalized spacial score (nSPS) is 13.5. The van der Waals surface area contributed by atoms with E-state index in [1.807, 2.05) is 39.0 Å². The molecule has 7 nitrogen and oxygen atoms in total. The Bertz CT molecular complexity index is 1190. The van der Waals surface area contributed by atoms with Crippen molar-refractivity contribution < 1.29 is 14.3 Å². The molecule has 0 fully saturated rings. The smallest absolute Gasteiger partial charge is 0.267 e. The summed E-state index contributed by atoms with van der Waals surface area (Å²) in [6.45, 7) is 6.83. The van der Waals surface area contributed by atoms with Gasteiger partial charge in [0.1, 0.15) is 19.3 Å². The molecule has 1 aliphatic rings. The fourth-order valence-electron chi connectivity index (χ4n) is 3.62. The van der Waals surface area contributed by atoms with Crippen LogP contribution >= 0.6 is 0 Å². The van der Waals surface area contributed by atoms with Crippen LogP contribution in [0.3, 0.4) is 0 Å². The van der Waals surface area contributed by atoms with Gasteiger partial charge >= 0.3 is 0 Å². The Morgan fingerprint density at radius 2 is 1.84 bits per heavy atom. The Morgan fingerprint density at radius 3 is 2.61 bits per heavy atom. The monoisotopic (exact) mass is 419 g/mol. The Labute approximate surface area is 180 Å². The number of rotatable bonds is 5. The number of hydrogen-bond acceptors (Lipinski definition) is 5. The molecule has 3 aromatic rings. The zero-order valence-corrected chi connectivity index (χ0v) is 17.8. The highest BCUT2D eigenvalue weighted by Crippen LogP contribution is 2.33. The van der Waals surface area contributed by atoms with Crippen molar-refractivity contribution in [1.29, 1.82) is 0 Å². The molecule has 0 unspecified atom stereocenters. The first-order valence-electron chi connectivity index (χ1n) is 10.3. The van der Waals surface area contributed by atoms with Gasteiger partial charge in [0.25, 0.3) is 5.56 Å². The Kier molecular flexibility index (Phi) is 5.75. The van der Waals surface area contributed by atoms with Gasteiger partial charge in [0, 0.05) is 23.4 Å². The van der Waals surface area contributed by atoms with Crippen LogP contribution in [-0.4, -0.2) is 28.9 Å². The fraction of sp³-hybridized carbons (Fsp3) is 0.292. The van der Waals surface area contributed by atoms with Gasteiger partial charge in [-0.15, -0.1) is 0 Å². The van der Waals surface area contributed by atoms with Crippen molar-refractivity contribution in [3.63, 3.8) is 0 Å². The number of carbonyl (C=O) groups excluding carboxylic acids is 1. The van der Waals surface area contributed by atoms with Gasteiger partial charge in [-0.05, 0) is 50.1 Å². The molecule has 2 aromatic carbocycles. The van der Waals surface area contributed by atoms with Gasteiger partial charge in [0.15, 0.2) is 11.5 Å². The topological polar surface area (TPSA) is 82.4 Å². The lowest BCUT2D eigenvalue weighted by Gasteiger charge is -2.20. The molecule has 1 aliphatic heterocycles. The number of nitrogens with zero attached hydrogens (tertiary/aromatic N) is 2. The minimum atomic E-state index is -0.745. The summed E-state index contributed by atoms with van der Waals surface area (Å²) < 4.78 is 12.4. The van der Waals surface area contributed by atoms with Crippen molar-refractivity contribution in [2.75, 3.05) is 18.5 Å². The number of carbonyl (C=O) groups is 1. The van der Waals surface area contributed by atoms with Gasteiger partial charge in [0.2, 0.25) is 5.91 Å². The molecule has 1 aromatic heterocycles. The Morgan fingerprint density at radius 1 is 1.06 bits per heavy atom. The standard InChI is InChI=1S/C24H25N3O4/c1-4-20(24(29)25-17-7-9-21-22(14-17)31-12-11-30-21)27-23(28)10-8-19(26-27)18-13-15(2)5-6-16(18)3/h5-10,13-14,20H,4,11-12H2,1-3H3,(H,25,29)/t20-/m0/s1. The second-order valence-corrected chi connectivity index (χ2v) is 7.59. The minimum Gasteiger partial charge on any atom is -0.486 e. The van der Waals surface area contributed by atoms with Crippen LogP contribution in [-0.2, 0) is 4.79 Å². The van der Waals surface area contributed by atoms with E-state index in [2.05, 4.69) is 10.4 Å². The highest BCUT2D eigenvalue weighted by molar-refractivity contribution is 5.94. The minimum absolute atomic E-state index is 0.313. The quantitative estimate of drug-likeness (QED) is 0.679. The summed E-state index contributed by atoms with van der Waals surface area (Å²) in [7, 11) is 0. The molecule has 7 heteroatoms. The van der Waals surface area contributed by atoms with E-state index >= 15 is 0 Å². The fourth-order valence-corrected chi connectivity index (χ4v) is 3.62. The summed E-state index contributed by atoms with van der Waals surface area (Å²) in [5, 5.41) is 7.42. The number of aryl methyl sites for hydroxylation is 2. The second kappa shape index (κ2) is 8.63. The van der Waals surface area contributed by atoms with E-state index in [0.717, 1.165) is 16.7 Å². The molecule has 1 atom stereocenters. The van der Waals surface area contributed by atoms with E-state index in [9.17, 15) is 9.59 Å². The van der Waals surface area contributed by atoms with E-state index in [-0.39, 0.29) is 11.5 Å². The largest absolute Gasteiger partial charge is 0.486 e. The number of hydrogen-bond donors (Lipinski definition) is 1. The van der Waals surface area contributed by atoms with Crippen molar-refractivity contribution in [3.05, 3.63) is 70.0 Å². The molecule has 0 spiro atoms. The molecule has 0 radical (unpaired) electrons. The summed E-state index contributed by atoms with van der Waals surface area (Å²) in [5.74, 6) is 0.923. The molecular weight excluding hydrogens is 394 g/mol. The van der Waals surface area contributed by atoms with Gasteiger partial charge < -0.3 is 14.8 Å². The lowest BCUT2D eigenvalue weighted by molar-refractivity contribution is -0.119. The maximum atomic E-state index is 13.1. The third-order valence-corrected chi connectivity index (χ3v) is 5.29. The zero-order valence-electron chi connectivity index (χ0n) is 17.8. The third-order valence-electron chi connectivity index (χ3n) is 5.29. The first-order chi connectivity index (χ1) is 15.0. The molecular formula is C24H25N3O4. The highest BCUT2D eigenvalue weighted by atomic mass is 16.6. The van der Waals surface area contributed by atoms with Crippen LogP contribution in [0.5, 0.6) is 11.5 Å². The average molecular weight is 419 g/mol. The summed E-state index contributed by atoms with van der Waals surface area (Å²) in [4.78, 5) is 25.6. The lowest BCUT2D eigenvalue weighted by atomic mass is 10.0. The van der Waals surface area contributed by atoms with Crippen LogP contribution in [0, 0.1) is 13.8 Å². The number of benzene rings is 2. The molecule has 1 amide bonds. The van der Waals surface area contributed by atoms with Gasteiger partial charge in [0.05, 0.1) is 5.69 Å². The summed E-state index contributed by atoms with van der Waals surface area (Å²) in [5.41, 5.74) is 4.01. The van der Waals surface area contributed by atoms with Crippen LogP contribution in [0.4, 0.5) is 5.69 Å². The molecule has 0 aliphatic carbocycles. The van der Waals surface area contributed by atoms with E-state index in [0.29, 0.717) is 42.5 Å². The predicted octanol–water partition coefficient (Wildman–Crippen LogP) is 3.89. The van der Waals surface area contributed by atoms with Crippen LogP contribution in [0.1, 0.15) is 30.5 Å². The Balaban J connectivity index is 1.63. The predicted molar refractivity (Wildman–Crippen MR) is 119 cm³/mol. The van der Waals surface area contributed by atoms with E-state index in [1.54, 1.807) is 24.3 Å². The Hall–Kier alpha value is -3.61. The first kappa shape index (κ1) is 20.7. The SMILES string of the molecule is CC[C@@H](C(=O)Nc1ccc2c(c1)OCCO2)n1nc(-c2cc(C)ccc2C)ccc1=O. The summed E-state index contributed by atoms with van der Waals surface area (Å²) >= 11 is 0. The second-order valence-electron chi connectivity index (χ2n) is 7.59. The van der Waals surface area contributed by atoms with Gasteiger partial charge in [-0.3, -0.25) is 9.59 Å². The van der Waals surface area contributed by atoms with Crippen LogP contribution in [0.25, 0.3) is 11.3 Å². The number of nitrogens with one attached hydrogen (secondary N) is 1. The molecule has 160 valence electrons. The molecule has 0 saturated heterocycles. The molecule has 2 heterocycles. The molecule has 4 rings (SSSR count). The molecule has 31 heavy (non-hydrogen) atoms. The number of anilines is 1. The van der Waals surface area contributed by atoms with Crippen LogP contribution in [0.2, 0.25) is 0 Å². The van der Waals surface area contributed by atoms with E-state index in [1.165, 1.54) is 10.7 Å². The molecule has 1 N–H and O–H groups in total. The third kappa shape index (κ3) is 4.30. The summed E-state index contributed by atoms with van der Waals surface area (Å²) in [6.07, 6.45) is 0.416. The van der Waals surface area contributed by atoms with Gasteiger partial charge in [-0.25, -0.2) is 4.68 Å². The van der Waals surface area contributed by atoms with Crippen molar-refractivity contribution in [1.82, 2.24) is 9.78 Å². The van der Waals surface area contributed by atoms with Gasteiger partial charge in [-0.2, -0.15) is 5.10 Å². The molecule has 0 bridgehead atoms. The number of aromatic nitrogens is 2. The van der Waals surface area contributed by atoms with Gasteiger partial charge in [-0.1, -0.05) is 24.6 Å². The number of fused-ring (bicyclic) bond motifs is 1. The highest BCUT2D eigenvalue weighted by Gasteiger charge is 2.22. The van der Waals surface area contributed by atoms with Crippen LogP contribution < -0.4 is 20.3 Å².